The van der Waals surface area contributed by atoms with Crippen molar-refractivity contribution >= 4 is 32.6 Å². The number of carbonyl (C=O) groups is 1. The first-order chi connectivity index (χ1) is 11.6. The average molecular weight is 386 g/mol. The van der Waals surface area contributed by atoms with Gasteiger partial charge in [0.25, 0.3) is 0 Å². The van der Waals surface area contributed by atoms with Gasteiger partial charge in [0.2, 0.25) is 5.88 Å². The van der Waals surface area contributed by atoms with Crippen LogP contribution in [0.25, 0.3) is 10.9 Å². The van der Waals surface area contributed by atoms with Gasteiger partial charge in [0, 0.05) is 17.0 Å². The molecule has 2 aromatic carbocycles. The van der Waals surface area contributed by atoms with Gasteiger partial charge < -0.3 is 9.47 Å². The molecule has 0 amide bonds. The molecule has 0 aliphatic carbocycles. The molecule has 0 atom stereocenters. The van der Waals surface area contributed by atoms with Crippen LogP contribution in [0.3, 0.4) is 0 Å². The fraction of sp³-hybridized carbons (Fsp3) is 0.158. The fourth-order valence-electron chi connectivity index (χ4n) is 2.32. The first-order valence-electron chi connectivity index (χ1n) is 7.59. The van der Waals surface area contributed by atoms with Crippen molar-refractivity contribution in [3.8, 4) is 17.4 Å². The number of benzene rings is 2. The van der Waals surface area contributed by atoms with Crippen LogP contribution in [0.2, 0.25) is 0 Å². The molecular weight excluding hydrogens is 370 g/mol. The summed E-state index contributed by atoms with van der Waals surface area (Å²) in [4.78, 5) is 15.9. The molecule has 3 aromatic rings. The lowest BCUT2D eigenvalue weighted by molar-refractivity contribution is 0.101. The molecule has 0 bridgehead atoms. The van der Waals surface area contributed by atoms with Crippen LogP contribution in [0, 0.1) is 0 Å². The van der Waals surface area contributed by atoms with Gasteiger partial charge >= 0.3 is 0 Å². The second kappa shape index (κ2) is 7.01. The summed E-state index contributed by atoms with van der Waals surface area (Å²) in [7, 11) is 0. The third-order valence-electron chi connectivity index (χ3n) is 3.50. The Hall–Kier alpha value is -2.40. The molecular formula is C19H16BrNO3. The van der Waals surface area contributed by atoms with Crippen LogP contribution in [0.1, 0.15) is 24.2 Å². The summed E-state index contributed by atoms with van der Waals surface area (Å²) >= 11 is 3.48. The van der Waals surface area contributed by atoms with Crippen molar-refractivity contribution in [1.82, 2.24) is 4.98 Å². The molecule has 0 N–H and O–H groups in total. The predicted molar refractivity (Wildman–Crippen MR) is 97.1 cm³/mol. The zero-order valence-electron chi connectivity index (χ0n) is 13.4. The van der Waals surface area contributed by atoms with Gasteiger partial charge in [-0.15, -0.1) is 0 Å². The smallest absolute Gasteiger partial charge is 0.219 e. The minimum Gasteiger partial charge on any atom is -0.494 e. The number of Topliss-reactive ketones (excluding diaryl/α,β-unsaturated/α-hetero) is 1. The van der Waals surface area contributed by atoms with Gasteiger partial charge in [-0.1, -0.05) is 0 Å². The van der Waals surface area contributed by atoms with E-state index in [0.29, 0.717) is 23.8 Å². The number of ether oxygens (including phenoxy) is 2. The summed E-state index contributed by atoms with van der Waals surface area (Å²) in [5.74, 6) is 1.96. The van der Waals surface area contributed by atoms with E-state index in [1.54, 1.807) is 19.1 Å². The minimum absolute atomic E-state index is 0.0375. The summed E-state index contributed by atoms with van der Waals surface area (Å²) in [6.45, 7) is 4.10. The van der Waals surface area contributed by atoms with E-state index in [0.717, 1.165) is 21.1 Å². The van der Waals surface area contributed by atoms with Crippen molar-refractivity contribution < 1.29 is 14.3 Å². The lowest BCUT2D eigenvalue weighted by Gasteiger charge is -2.10. The van der Waals surface area contributed by atoms with Gasteiger partial charge in [-0.25, -0.2) is 4.98 Å². The van der Waals surface area contributed by atoms with Crippen LogP contribution in [-0.4, -0.2) is 17.4 Å². The average Bonchev–Trinajstić information content (AvgIpc) is 2.57. The summed E-state index contributed by atoms with van der Waals surface area (Å²) < 4.78 is 12.1. The van der Waals surface area contributed by atoms with Crippen molar-refractivity contribution in [2.45, 2.75) is 13.8 Å². The first kappa shape index (κ1) is 16.5. The topological polar surface area (TPSA) is 48.4 Å². The maximum Gasteiger partial charge on any atom is 0.219 e. The molecule has 1 heterocycles. The van der Waals surface area contributed by atoms with E-state index in [-0.39, 0.29) is 5.78 Å². The van der Waals surface area contributed by atoms with E-state index in [2.05, 4.69) is 20.9 Å². The van der Waals surface area contributed by atoms with Crippen LogP contribution >= 0.6 is 15.9 Å². The van der Waals surface area contributed by atoms with Gasteiger partial charge in [-0.3, -0.25) is 4.79 Å². The quantitative estimate of drug-likeness (QED) is 0.552. The lowest BCUT2D eigenvalue weighted by atomic mass is 10.1. The van der Waals surface area contributed by atoms with Crippen LogP contribution < -0.4 is 9.47 Å². The van der Waals surface area contributed by atoms with E-state index in [9.17, 15) is 4.79 Å². The number of hydrogen-bond donors (Lipinski definition) is 0. The Morgan fingerprint density at radius 1 is 1.12 bits per heavy atom. The number of carbonyl (C=O) groups excluding carboxylic acids is 1. The number of fused-ring (bicyclic) bond motifs is 1. The fourth-order valence-corrected chi connectivity index (χ4v) is 2.75. The maximum atomic E-state index is 11.4. The molecule has 0 fully saturated rings. The second-order valence-electron chi connectivity index (χ2n) is 5.24. The number of hydrogen-bond acceptors (Lipinski definition) is 4. The Morgan fingerprint density at radius 2 is 1.96 bits per heavy atom. The molecule has 0 saturated heterocycles. The molecule has 0 saturated carbocycles. The highest BCUT2D eigenvalue weighted by Crippen LogP contribution is 2.32. The highest BCUT2D eigenvalue weighted by molar-refractivity contribution is 9.10. The molecule has 0 radical (unpaired) electrons. The van der Waals surface area contributed by atoms with E-state index in [1.807, 2.05) is 43.3 Å². The third kappa shape index (κ3) is 3.57. The summed E-state index contributed by atoms with van der Waals surface area (Å²) in [6.07, 6.45) is 0. The number of rotatable bonds is 5. The van der Waals surface area contributed by atoms with Gasteiger partial charge in [-0.05, 0) is 72.2 Å². The number of nitrogens with zero attached hydrogens (tertiary/aromatic N) is 1. The Labute approximate surface area is 148 Å². The third-order valence-corrected chi connectivity index (χ3v) is 4.12. The largest absolute Gasteiger partial charge is 0.494 e. The predicted octanol–water partition coefficient (Wildman–Crippen LogP) is 5.39. The van der Waals surface area contributed by atoms with Crippen LogP contribution in [-0.2, 0) is 0 Å². The van der Waals surface area contributed by atoms with Gasteiger partial charge in [0.1, 0.15) is 11.5 Å². The van der Waals surface area contributed by atoms with Gasteiger partial charge in [0.15, 0.2) is 5.78 Å². The van der Waals surface area contributed by atoms with Crippen LogP contribution in [0.15, 0.2) is 53.0 Å². The van der Waals surface area contributed by atoms with Crippen LogP contribution in [0.4, 0.5) is 0 Å². The lowest BCUT2D eigenvalue weighted by Crippen LogP contribution is -1.94. The Kier molecular flexibility index (Phi) is 4.81. The van der Waals surface area contributed by atoms with Crippen molar-refractivity contribution in [3.63, 3.8) is 0 Å². The van der Waals surface area contributed by atoms with Gasteiger partial charge in [-0.2, -0.15) is 0 Å². The molecule has 5 heteroatoms. The molecule has 0 aliphatic heterocycles. The van der Waals surface area contributed by atoms with Crippen molar-refractivity contribution in [2.75, 3.05) is 6.61 Å². The molecule has 0 spiro atoms. The van der Waals surface area contributed by atoms with Gasteiger partial charge in [0.05, 0.1) is 16.6 Å². The standard InChI is InChI=1S/C19H16BrNO3/c1-3-23-15-6-8-18(16(20)11-15)24-19-9-5-14-10-13(12(2)22)4-7-17(14)21-19/h4-11H,3H2,1-2H3. The number of ketones is 1. The normalized spacial score (nSPS) is 10.6. The van der Waals surface area contributed by atoms with E-state index < -0.39 is 0 Å². The van der Waals surface area contributed by atoms with E-state index in [4.69, 9.17) is 9.47 Å². The Morgan fingerprint density at radius 3 is 2.67 bits per heavy atom. The summed E-state index contributed by atoms with van der Waals surface area (Å²) in [6, 6.07) is 14.7. The number of halogens is 1. The molecule has 122 valence electrons. The molecule has 3 rings (SSSR count). The number of aromatic nitrogens is 1. The van der Waals surface area contributed by atoms with Crippen molar-refractivity contribution in [1.29, 1.82) is 0 Å². The Bertz CT molecular complexity index is 908. The zero-order valence-corrected chi connectivity index (χ0v) is 15.0. The first-order valence-corrected chi connectivity index (χ1v) is 8.38. The van der Waals surface area contributed by atoms with E-state index in [1.165, 1.54) is 0 Å². The van der Waals surface area contributed by atoms with E-state index >= 15 is 0 Å². The monoisotopic (exact) mass is 385 g/mol. The molecule has 4 nitrogen and oxygen atoms in total. The maximum absolute atomic E-state index is 11.4. The molecule has 24 heavy (non-hydrogen) atoms. The second-order valence-corrected chi connectivity index (χ2v) is 6.09. The summed E-state index contributed by atoms with van der Waals surface area (Å²) in [5.41, 5.74) is 1.45. The molecule has 0 aliphatic rings. The van der Waals surface area contributed by atoms with Crippen molar-refractivity contribution in [3.05, 3.63) is 58.6 Å². The van der Waals surface area contributed by atoms with Crippen molar-refractivity contribution in [2.24, 2.45) is 0 Å². The summed E-state index contributed by atoms with van der Waals surface area (Å²) in [5, 5.41) is 0.904. The minimum atomic E-state index is 0.0375. The van der Waals surface area contributed by atoms with Crippen LogP contribution in [0.5, 0.6) is 17.4 Å². The molecule has 1 aromatic heterocycles. The molecule has 0 unspecified atom stereocenters. The Balaban J connectivity index is 1.87. The number of pyridine rings is 1. The zero-order chi connectivity index (χ0) is 17.1. The SMILES string of the molecule is CCOc1ccc(Oc2ccc3cc(C(C)=O)ccc3n2)c(Br)c1. The highest BCUT2D eigenvalue weighted by atomic mass is 79.9. The highest BCUT2D eigenvalue weighted by Gasteiger charge is 2.08.